The van der Waals surface area contributed by atoms with Crippen molar-refractivity contribution in [3.05, 3.63) is 82.6 Å². The second-order valence-corrected chi connectivity index (χ2v) is 7.27. The van der Waals surface area contributed by atoms with Crippen molar-refractivity contribution in [1.29, 1.82) is 0 Å². The molecule has 1 heterocycles. The highest BCUT2D eigenvalue weighted by Crippen LogP contribution is 2.32. The summed E-state index contributed by atoms with van der Waals surface area (Å²) in [5, 5.41) is 2.98. The Hall–Kier alpha value is -3.08. The maximum Gasteiger partial charge on any atom is 0.337 e. The summed E-state index contributed by atoms with van der Waals surface area (Å²) in [7, 11) is 1.36. The second-order valence-electron chi connectivity index (χ2n) is 7.27. The molecule has 3 rings (SSSR count). The van der Waals surface area contributed by atoms with E-state index < -0.39 is 12.0 Å². The second kappa shape index (κ2) is 8.30. The highest BCUT2D eigenvalue weighted by molar-refractivity contribution is 5.95. The van der Waals surface area contributed by atoms with E-state index in [1.165, 1.54) is 12.7 Å². The highest BCUT2D eigenvalue weighted by Gasteiger charge is 2.36. The van der Waals surface area contributed by atoms with Gasteiger partial charge in [0.2, 0.25) is 0 Å². The molecule has 0 aliphatic carbocycles. The van der Waals surface area contributed by atoms with Crippen LogP contribution in [0.5, 0.6) is 0 Å². The molecule has 0 fully saturated rings. The van der Waals surface area contributed by atoms with E-state index in [1.54, 1.807) is 11.8 Å². The molecule has 0 saturated heterocycles. The first-order chi connectivity index (χ1) is 13.4. The first-order valence-corrected chi connectivity index (χ1v) is 9.43. The number of nitrogens with one attached hydrogen (secondary N) is 1. The monoisotopic (exact) mass is 378 g/mol. The van der Waals surface area contributed by atoms with E-state index >= 15 is 0 Å². The van der Waals surface area contributed by atoms with Crippen molar-refractivity contribution in [2.75, 3.05) is 7.11 Å². The molecule has 5 heteroatoms. The maximum absolute atomic E-state index is 12.9. The van der Waals surface area contributed by atoms with Gasteiger partial charge in [0.25, 0.3) is 0 Å². The minimum absolute atomic E-state index is 0.230. The van der Waals surface area contributed by atoms with Gasteiger partial charge in [-0.1, -0.05) is 68.4 Å². The van der Waals surface area contributed by atoms with Crippen molar-refractivity contribution in [3.8, 4) is 0 Å². The van der Waals surface area contributed by atoms with Gasteiger partial charge in [0.1, 0.15) is 0 Å². The summed E-state index contributed by atoms with van der Waals surface area (Å²) in [5.74, 6) is -0.0257. The van der Waals surface area contributed by atoms with Crippen molar-refractivity contribution in [3.63, 3.8) is 0 Å². The van der Waals surface area contributed by atoms with Crippen molar-refractivity contribution in [2.24, 2.45) is 0 Å². The van der Waals surface area contributed by atoms with Crippen LogP contribution in [-0.4, -0.2) is 24.0 Å². The number of nitrogens with zero attached hydrogens (tertiary/aromatic N) is 1. The Morgan fingerprint density at radius 2 is 1.75 bits per heavy atom. The van der Waals surface area contributed by atoms with Crippen LogP contribution in [0.4, 0.5) is 4.79 Å². The largest absolute Gasteiger partial charge is 0.466 e. The molecular weight excluding hydrogens is 352 g/mol. The van der Waals surface area contributed by atoms with Gasteiger partial charge in [-0.3, -0.25) is 4.90 Å². The number of hydrogen-bond donors (Lipinski definition) is 1. The highest BCUT2D eigenvalue weighted by atomic mass is 16.5. The normalized spacial score (nSPS) is 17.0. The number of amides is 2. The zero-order chi connectivity index (χ0) is 20.3. The molecule has 1 aliphatic rings. The number of urea groups is 1. The number of benzene rings is 2. The fraction of sp³-hybridized carbons (Fsp3) is 0.304. The van der Waals surface area contributed by atoms with Crippen LogP contribution in [-0.2, 0) is 16.1 Å². The molecule has 5 nitrogen and oxygen atoms in total. The lowest BCUT2D eigenvalue weighted by Gasteiger charge is -2.35. The molecule has 1 unspecified atom stereocenters. The summed E-state index contributed by atoms with van der Waals surface area (Å²) in [4.78, 5) is 27.0. The molecule has 2 amide bonds. The number of methoxy groups -OCH3 is 1. The Morgan fingerprint density at radius 3 is 2.32 bits per heavy atom. The van der Waals surface area contributed by atoms with Gasteiger partial charge < -0.3 is 10.1 Å². The molecule has 0 aromatic heterocycles. The summed E-state index contributed by atoms with van der Waals surface area (Å²) >= 11 is 0. The first kappa shape index (κ1) is 19.7. The maximum atomic E-state index is 12.9. The standard InChI is InChI=1S/C23H26N2O3/c1-15(2)18-10-12-19(13-11-18)21-20(22(26)28-4)16(3)25(23(27)24-21)14-17-8-6-5-7-9-17/h5-13,15,21H,14H2,1-4H3,(H,24,27). The molecule has 0 radical (unpaired) electrons. The average Bonchev–Trinajstić information content (AvgIpc) is 2.71. The number of rotatable bonds is 5. The van der Waals surface area contributed by atoms with Crippen LogP contribution in [0.15, 0.2) is 65.9 Å². The van der Waals surface area contributed by atoms with E-state index in [4.69, 9.17) is 4.74 Å². The van der Waals surface area contributed by atoms with Gasteiger partial charge in [0.05, 0.1) is 25.3 Å². The average molecular weight is 378 g/mol. The van der Waals surface area contributed by atoms with Crippen molar-refractivity contribution >= 4 is 12.0 Å². The van der Waals surface area contributed by atoms with Crippen LogP contribution in [0.2, 0.25) is 0 Å². The van der Waals surface area contributed by atoms with E-state index in [9.17, 15) is 9.59 Å². The Labute approximate surface area is 166 Å². The van der Waals surface area contributed by atoms with Gasteiger partial charge in [0.15, 0.2) is 0 Å². The summed E-state index contributed by atoms with van der Waals surface area (Å²) in [5.41, 5.74) is 4.11. The molecule has 0 spiro atoms. The van der Waals surface area contributed by atoms with Gasteiger partial charge in [-0.2, -0.15) is 0 Å². The molecular formula is C23H26N2O3. The Morgan fingerprint density at radius 1 is 1.11 bits per heavy atom. The minimum Gasteiger partial charge on any atom is -0.466 e. The number of carbonyl (C=O) groups is 2. The summed E-state index contributed by atoms with van der Waals surface area (Å²) < 4.78 is 5.03. The van der Waals surface area contributed by atoms with E-state index in [2.05, 4.69) is 19.2 Å². The van der Waals surface area contributed by atoms with Crippen LogP contribution < -0.4 is 5.32 Å². The SMILES string of the molecule is COC(=O)C1=C(C)N(Cc2ccccc2)C(=O)NC1c1ccc(C(C)C)cc1. The fourth-order valence-corrected chi connectivity index (χ4v) is 3.44. The molecule has 1 aliphatic heterocycles. The van der Waals surface area contributed by atoms with Gasteiger partial charge in [-0.15, -0.1) is 0 Å². The lowest BCUT2D eigenvalue weighted by molar-refractivity contribution is -0.136. The minimum atomic E-state index is -0.534. The van der Waals surface area contributed by atoms with Crippen molar-refractivity contribution < 1.29 is 14.3 Å². The van der Waals surface area contributed by atoms with Crippen LogP contribution in [0.3, 0.4) is 0 Å². The van der Waals surface area contributed by atoms with Gasteiger partial charge in [0, 0.05) is 5.70 Å². The quantitative estimate of drug-likeness (QED) is 0.778. The first-order valence-electron chi connectivity index (χ1n) is 9.43. The zero-order valence-electron chi connectivity index (χ0n) is 16.7. The number of ether oxygens (including phenoxy) is 1. The summed E-state index contributed by atoms with van der Waals surface area (Å²) in [6.07, 6.45) is 0. The third kappa shape index (κ3) is 3.93. The Bertz CT molecular complexity index is 886. The topological polar surface area (TPSA) is 58.6 Å². The molecule has 2 aromatic rings. The van der Waals surface area contributed by atoms with Crippen LogP contribution in [0.1, 0.15) is 49.4 Å². The van der Waals surface area contributed by atoms with Crippen LogP contribution >= 0.6 is 0 Å². The Balaban J connectivity index is 1.99. The van der Waals surface area contributed by atoms with Crippen molar-refractivity contribution in [1.82, 2.24) is 10.2 Å². The molecule has 1 N–H and O–H groups in total. The van der Waals surface area contributed by atoms with Gasteiger partial charge in [-0.05, 0) is 29.5 Å². The predicted octanol–water partition coefficient (Wildman–Crippen LogP) is 4.52. The predicted molar refractivity (Wildman–Crippen MR) is 109 cm³/mol. The van der Waals surface area contributed by atoms with Gasteiger partial charge >= 0.3 is 12.0 Å². The Kier molecular flexibility index (Phi) is 5.83. The molecule has 0 saturated carbocycles. The number of carbonyl (C=O) groups excluding carboxylic acids is 2. The number of esters is 1. The van der Waals surface area contributed by atoms with E-state index in [0.717, 1.165) is 11.1 Å². The zero-order valence-corrected chi connectivity index (χ0v) is 16.7. The molecule has 0 bridgehead atoms. The smallest absolute Gasteiger partial charge is 0.337 e. The molecule has 1 atom stereocenters. The third-order valence-electron chi connectivity index (χ3n) is 5.12. The van der Waals surface area contributed by atoms with Crippen molar-refractivity contribution in [2.45, 2.75) is 39.3 Å². The number of allylic oxidation sites excluding steroid dienone is 1. The summed E-state index contributed by atoms with van der Waals surface area (Å²) in [6, 6.07) is 16.9. The molecule has 28 heavy (non-hydrogen) atoms. The fourth-order valence-electron chi connectivity index (χ4n) is 3.44. The summed E-state index contributed by atoms with van der Waals surface area (Å²) in [6.45, 7) is 6.44. The molecule has 146 valence electrons. The van der Waals surface area contributed by atoms with E-state index in [0.29, 0.717) is 23.7 Å². The van der Waals surface area contributed by atoms with Crippen LogP contribution in [0, 0.1) is 0 Å². The van der Waals surface area contributed by atoms with E-state index in [1.807, 2.05) is 54.6 Å². The van der Waals surface area contributed by atoms with E-state index in [-0.39, 0.29) is 6.03 Å². The lowest BCUT2D eigenvalue weighted by Crippen LogP contribution is -2.47. The molecule has 2 aromatic carbocycles. The number of hydrogen-bond acceptors (Lipinski definition) is 3. The third-order valence-corrected chi connectivity index (χ3v) is 5.12. The van der Waals surface area contributed by atoms with Crippen LogP contribution in [0.25, 0.3) is 0 Å². The lowest BCUT2D eigenvalue weighted by atomic mass is 9.92. The van der Waals surface area contributed by atoms with Gasteiger partial charge in [-0.25, -0.2) is 9.59 Å².